The molecule has 2 aromatic rings. The molecule has 0 aliphatic carbocycles. The first-order valence-corrected chi connectivity index (χ1v) is 10.8. The van der Waals surface area contributed by atoms with E-state index in [-0.39, 0.29) is 10.2 Å². The fourth-order valence-corrected chi connectivity index (χ4v) is 4.44. The number of carbonyl (C=O) groups is 2. The molecule has 0 radical (unpaired) electrons. The number of hydrogen-bond acceptors (Lipinski definition) is 5. The van der Waals surface area contributed by atoms with Crippen molar-refractivity contribution in [1.29, 1.82) is 0 Å². The van der Waals surface area contributed by atoms with Gasteiger partial charge in [-0.2, -0.15) is 0 Å². The van der Waals surface area contributed by atoms with Gasteiger partial charge in [0.25, 0.3) is 5.91 Å². The maximum absolute atomic E-state index is 12.8. The van der Waals surface area contributed by atoms with Crippen LogP contribution in [0.3, 0.4) is 0 Å². The highest BCUT2D eigenvalue weighted by atomic mass is 79.9. The van der Waals surface area contributed by atoms with Crippen molar-refractivity contribution < 1.29 is 19.1 Å². The Morgan fingerprint density at radius 3 is 2.68 bits per heavy atom. The molecule has 1 fully saturated rings. The van der Waals surface area contributed by atoms with E-state index in [1.807, 2.05) is 37.3 Å². The average Bonchev–Trinajstić information content (AvgIpc) is 3.22. The van der Waals surface area contributed by atoms with E-state index in [0.717, 1.165) is 28.2 Å². The lowest BCUT2D eigenvalue weighted by Gasteiger charge is -2.22. The first-order valence-electron chi connectivity index (χ1n) is 8.76. The van der Waals surface area contributed by atoms with Gasteiger partial charge in [-0.3, -0.25) is 9.69 Å². The molecule has 146 valence electrons. The summed E-state index contributed by atoms with van der Waals surface area (Å²) in [5, 5.41) is 9.52. The van der Waals surface area contributed by atoms with Crippen molar-refractivity contribution in [3.05, 3.63) is 51.5 Å². The van der Waals surface area contributed by atoms with Gasteiger partial charge in [0, 0.05) is 16.1 Å². The number of thioether (sulfide) groups is 1. The number of carbonyl (C=O) groups excluding carboxylic acids is 1. The molecule has 3 rings (SSSR count). The Morgan fingerprint density at radius 1 is 1.32 bits per heavy atom. The highest BCUT2D eigenvalue weighted by Crippen LogP contribution is 2.36. The number of amides is 1. The number of carboxylic acids is 1. The summed E-state index contributed by atoms with van der Waals surface area (Å²) >= 11 is 9.78. The molecule has 8 heteroatoms. The minimum absolute atomic E-state index is 0.263. The molecule has 0 saturated carbocycles. The molecule has 1 aliphatic rings. The zero-order valence-electron chi connectivity index (χ0n) is 15.1. The van der Waals surface area contributed by atoms with Gasteiger partial charge < -0.3 is 9.52 Å². The first-order chi connectivity index (χ1) is 13.4. The number of hydrogen-bond donors (Lipinski definition) is 1. The third-order valence-corrected chi connectivity index (χ3v) is 6.14. The minimum atomic E-state index is -1.04. The van der Waals surface area contributed by atoms with Gasteiger partial charge in [0.05, 0.1) is 4.91 Å². The van der Waals surface area contributed by atoms with E-state index >= 15 is 0 Å². The van der Waals surface area contributed by atoms with Gasteiger partial charge in [0.2, 0.25) is 0 Å². The van der Waals surface area contributed by atoms with Crippen LogP contribution in [-0.4, -0.2) is 32.2 Å². The van der Waals surface area contributed by atoms with Crippen LogP contribution in [0.15, 0.2) is 50.2 Å². The van der Waals surface area contributed by atoms with Gasteiger partial charge in [-0.1, -0.05) is 71.8 Å². The van der Waals surface area contributed by atoms with Crippen molar-refractivity contribution >= 4 is 62.2 Å². The molecule has 1 atom stereocenters. The summed E-state index contributed by atoms with van der Waals surface area (Å²) in [5.41, 5.74) is 0.918. The number of nitrogens with zero attached hydrogens (tertiary/aromatic N) is 1. The van der Waals surface area contributed by atoms with Crippen LogP contribution in [0.2, 0.25) is 0 Å². The zero-order valence-corrected chi connectivity index (χ0v) is 18.3. The molecule has 0 spiro atoms. The average molecular weight is 480 g/mol. The molecule has 0 bridgehead atoms. The Bertz CT molecular complexity index is 936. The first kappa shape index (κ1) is 20.8. The van der Waals surface area contributed by atoms with Gasteiger partial charge in [-0.25, -0.2) is 4.79 Å². The van der Waals surface area contributed by atoms with Crippen molar-refractivity contribution in [1.82, 2.24) is 4.90 Å². The third kappa shape index (κ3) is 4.56. The second-order valence-corrected chi connectivity index (χ2v) is 8.85. The van der Waals surface area contributed by atoms with Crippen LogP contribution >= 0.6 is 39.9 Å². The minimum Gasteiger partial charge on any atom is -0.480 e. The number of unbranched alkanes of at least 4 members (excludes halogenated alkanes) is 1. The maximum Gasteiger partial charge on any atom is 0.326 e. The number of benzene rings is 1. The monoisotopic (exact) mass is 479 g/mol. The zero-order chi connectivity index (χ0) is 20.3. The fraction of sp³-hybridized carbons (Fsp3) is 0.250. The molecule has 1 saturated heterocycles. The van der Waals surface area contributed by atoms with Crippen LogP contribution in [0, 0.1) is 0 Å². The quantitative estimate of drug-likeness (QED) is 0.414. The van der Waals surface area contributed by atoms with Crippen molar-refractivity contribution in [2.75, 3.05) is 0 Å². The summed E-state index contributed by atoms with van der Waals surface area (Å²) in [4.78, 5) is 26.0. The van der Waals surface area contributed by atoms with E-state index in [0.29, 0.717) is 29.3 Å². The summed E-state index contributed by atoms with van der Waals surface area (Å²) in [6.07, 6.45) is 3.54. The smallest absolute Gasteiger partial charge is 0.326 e. The summed E-state index contributed by atoms with van der Waals surface area (Å²) in [6, 6.07) is 10.4. The second-order valence-electron chi connectivity index (χ2n) is 6.26. The SMILES string of the molecule is CCCC[C@@H](C(=O)O)N1C(=O)/C(=C\c2ccc(-c3ccc(Br)cc3)o2)SC1=S. The van der Waals surface area contributed by atoms with Crippen LogP contribution < -0.4 is 0 Å². The molecule has 2 heterocycles. The predicted octanol–water partition coefficient (Wildman–Crippen LogP) is 5.55. The molecule has 1 N–H and O–H groups in total. The lowest BCUT2D eigenvalue weighted by Crippen LogP contribution is -2.43. The van der Waals surface area contributed by atoms with Gasteiger partial charge >= 0.3 is 5.97 Å². The summed E-state index contributed by atoms with van der Waals surface area (Å²) in [6.45, 7) is 1.98. The number of halogens is 1. The molecule has 5 nitrogen and oxygen atoms in total. The van der Waals surface area contributed by atoms with Crippen molar-refractivity contribution in [2.45, 2.75) is 32.2 Å². The summed E-state index contributed by atoms with van der Waals surface area (Å²) < 4.78 is 7.07. The molecule has 1 aromatic heterocycles. The molecule has 1 aliphatic heterocycles. The highest BCUT2D eigenvalue weighted by molar-refractivity contribution is 9.10. The Morgan fingerprint density at radius 2 is 2.04 bits per heavy atom. The molecule has 28 heavy (non-hydrogen) atoms. The molecular weight excluding hydrogens is 462 g/mol. The standard InChI is InChI=1S/C20H18BrNO4S2/c1-2-3-4-15(19(24)25)22-18(23)17(28-20(22)27)11-14-9-10-16(26-14)12-5-7-13(21)8-6-12/h5-11,15H,2-4H2,1H3,(H,24,25)/b17-11+/t15-/m0/s1. The molecule has 1 amide bonds. The van der Waals surface area contributed by atoms with Crippen LogP contribution in [-0.2, 0) is 9.59 Å². The normalized spacial score (nSPS) is 16.8. The lowest BCUT2D eigenvalue weighted by atomic mass is 10.1. The number of rotatable bonds is 7. The van der Waals surface area contributed by atoms with Crippen LogP contribution in [0.5, 0.6) is 0 Å². The Balaban J connectivity index is 1.82. The van der Waals surface area contributed by atoms with Crippen molar-refractivity contribution in [2.24, 2.45) is 0 Å². The predicted molar refractivity (Wildman–Crippen MR) is 118 cm³/mol. The molecular formula is C20H18BrNO4S2. The largest absolute Gasteiger partial charge is 0.480 e. The Kier molecular flexibility index (Phi) is 6.74. The van der Waals surface area contributed by atoms with Crippen molar-refractivity contribution in [3.63, 3.8) is 0 Å². The Labute approximate surface area is 180 Å². The highest BCUT2D eigenvalue weighted by Gasteiger charge is 2.40. The second kappa shape index (κ2) is 9.07. The van der Waals surface area contributed by atoms with Crippen molar-refractivity contribution in [3.8, 4) is 11.3 Å². The van der Waals surface area contributed by atoms with E-state index in [9.17, 15) is 14.7 Å². The molecule has 1 aromatic carbocycles. The van der Waals surface area contributed by atoms with Crippen LogP contribution in [0.1, 0.15) is 31.9 Å². The lowest BCUT2D eigenvalue weighted by molar-refractivity contribution is -0.145. The topological polar surface area (TPSA) is 70.8 Å². The number of furan rings is 1. The van der Waals surface area contributed by atoms with Gasteiger partial charge in [0.15, 0.2) is 0 Å². The van der Waals surface area contributed by atoms with E-state index < -0.39 is 12.0 Å². The van der Waals surface area contributed by atoms with E-state index in [1.54, 1.807) is 12.1 Å². The summed E-state index contributed by atoms with van der Waals surface area (Å²) in [5.74, 6) is -0.235. The Hall–Kier alpha value is -1.90. The third-order valence-electron chi connectivity index (χ3n) is 4.28. The fourth-order valence-electron chi connectivity index (χ4n) is 2.84. The number of thiocarbonyl (C=S) groups is 1. The van der Waals surface area contributed by atoms with Gasteiger partial charge in [0.1, 0.15) is 21.9 Å². The maximum atomic E-state index is 12.8. The number of aliphatic carboxylic acids is 1. The number of carboxylic acid groups (broad SMARTS) is 1. The van der Waals surface area contributed by atoms with Gasteiger partial charge in [-0.05, 0) is 30.7 Å². The van der Waals surface area contributed by atoms with Crippen LogP contribution in [0.25, 0.3) is 17.4 Å². The van der Waals surface area contributed by atoms with E-state index in [2.05, 4.69) is 15.9 Å². The van der Waals surface area contributed by atoms with Gasteiger partial charge in [-0.15, -0.1) is 0 Å². The summed E-state index contributed by atoms with van der Waals surface area (Å²) in [7, 11) is 0. The van der Waals surface area contributed by atoms with Crippen LogP contribution in [0.4, 0.5) is 0 Å². The van der Waals surface area contributed by atoms with E-state index in [4.69, 9.17) is 16.6 Å². The molecule has 0 unspecified atom stereocenters. The van der Waals surface area contributed by atoms with E-state index in [1.165, 1.54) is 4.90 Å².